The van der Waals surface area contributed by atoms with E-state index in [1.54, 1.807) is 0 Å². The highest BCUT2D eigenvalue weighted by Gasteiger charge is 2.65. The van der Waals surface area contributed by atoms with E-state index in [9.17, 15) is 20.1 Å². The fourth-order valence-electron chi connectivity index (χ4n) is 6.70. The van der Waals surface area contributed by atoms with Crippen molar-refractivity contribution >= 4 is 5.78 Å². The first kappa shape index (κ1) is 17.4. The summed E-state index contributed by atoms with van der Waals surface area (Å²) < 4.78 is 0. The van der Waals surface area contributed by atoms with E-state index >= 15 is 0 Å². The number of hydrogen-bond acceptors (Lipinski definition) is 4. The fraction of sp³-hybridized carbons (Fsp3) is 0.762. The molecule has 25 heavy (non-hydrogen) atoms. The Morgan fingerprint density at radius 1 is 1.16 bits per heavy atom. The lowest BCUT2D eigenvalue weighted by Gasteiger charge is -2.57. The molecule has 0 aliphatic heterocycles. The predicted molar refractivity (Wildman–Crippen MR) is 94.7 cm³/mol. The Morgan fingerprint density at radius 3 is 2.56 bits per heavy atom. The van der Waals surface area contributed by atoms with Crippen molar-refractivity contribution in [3.05, 3.63) is 23.3 Å². The van der Waals surface area contributed by atoms with Crippen LogP contribution < -0.4 is 0 Å². The van der Waals surface area contributed by atoms with Gasteiger partial charge in [0.05, 0.1) is 12.2 Å². The molecule has 0 bridgehead atoms. The van der Waals surface area contributed by atoms with Crippen LogP contribution in [0.1, 0.15) is 59.3 Å². The Labute approximate surface area is 149 Å². The molecule has 0 radical (unpaired) electrons. The minimum Gasteiger partial charge on any atom is -0.393 e. The van der Waals surface area contributed by atoms with E-state index in [0.29, 0.717) is 19.3 Å². The Bertz CT molecular complexity index is 679. The average molecular weight is 346 g/mol. The first-order valence-corrected chi connectivity index (χ1v) is 9.64. The summed E-state index contributed by atoms with van der Waals surface area (Å²) >= 11 is 0. The van der Waals surface area contributed by atoms with Crippen molar-refractivity contribution in [2.24, 2.45) is 22.7 Å². The molecule has 4 heteroatoms. The standard InChI is InChI=1S/C21H30O4/c1-12(22)21(25)9-7-16-15-5-4-13-10-14(23)6-8-19(13,2)18(15)17(24)11-20(16,21)3/h4-5,14,16-18,23-25H,6-11H2,1-3H3/t14-,16-,17-,18-,19+,20-,21-/m0/s1. The van der Waals surface area contributed by atoms with E-state index in [-0.39, 0.29) is 29.1 Å². The van der Waals surface area contributed by atoms with E-state index in [0.717, 1.165) is 19.3 Å². The van der Waals surface area contributed by atoms with Crippen LogP contribution in [0.4, 0.5) is 0 Å². The molecule has 3 saturated carbocycles. The van der Waals surface area contributed by atoms with Crippen molar-refractivity contribution < 1.29 is 20.1 Å². The molecule has 0 amide bonds. The molecule has 4 aliphatic carbocycles. The van der Waals surface area contributed by atoms with E-state index in [1.807, 2.05) is 6.92 Å². The van der Waals surface area contributed by atoms with Crippen LogP contribution in [0.5, 0.6) is 0 Å². The number of hydrogen-bond donors (Lipinski definition) is 3. The molecule has 0 aromatic rings. The number of fused-ring (bicyclic) bond motifs is 5. The van der Waals surface area contributed by atoms with E-state index < -0.39 is 17.1 Å². The molecular weight excluding hydrogens is 316 g/mol. The zero-order chi connectivity index (χ0) is 18.2. The maximum atomic E-state index is 12.2. The van der Waals surface area contributed by atoms with Gasteiger partial charge in [-0.05, 0) is 56.8 Å². The average Bonchev–Trinajstić information content (AvgIpc) is 2.80. The van der Waals surface area contributed by atoms with E-state index in [1.165, 1.54) is 18.1 Å². The number of ketones is 1. The van der Waals surface area contributed by atoms with Crippen LogP contribution in [0.15, 0.2) is 23.3 Å². The molecule has 0 heterocycles. The third kappa shape index (κ3) is 2.08. The summed E-state index contributed by atoms with van der Waals surface area (Å²) in [6.45, 7) is 5.68. The van der Waals surface area contributed by atoms with Gasteiger partial charge in [-0.3, -0.25) is 4.79 Å². The predicted octanol–water partition coefficient (Wildman–Crippen LogP) is 2.52. The number of aliphatic hydroxyl groups excluding tert-OH is 2. The normalized spacial score (nSPS) is 51.8. The third-order valence-electron chi connectivity index (χ3n) is 8.22. The van der Waals surface area contributed by atoms with Gasteiger partial charge in [-0.25, -0.2) is 0 Å². The summed E-state index contributed by atoms with van der Waals surface area (Å²) in [5.41, 5.74) is 0.388. The second-order valence-electron chi connectivity index (χ2n) is 9.35. The van der Waals surface area contributed by atoms with Crippen LogP contribution in [0.25, 0.3) is 0 Å². The summed E-state index contributed by atoms with van der Waals surface area (Å²) in [4.78, 5) is 12.2. The monoisotopic (exact) mass is 346 g/mol. The van der Waals surface area contributed by atoms with Crippen LogP contribution in [-0.2, 0) is 4.79 Å². The quantitative estimate of drug-likeness (QED) is 0.682. The topological polar surface area (TPSA) is 77.8 Å². The molecule has 0 aromatic heterocycles. The van der Waals surface area contributed by atoms with E-state index in [4.69, 9.17) is 0 Å². The number of carbonyl (C=O) groups excluding carboxylic acids is 1. The Balaban J connectivity index is 1.80. The Hall–Kier alpha value is -0.970. The van der Waals surface area contributed by atoms with Gasteiger partial charge >= 0.3 is 0 Å². The van der Waals surface area contributed by atoms with Gasteiger partial charge < -0.3 is 15.3 Å². The molecule has 3 N–H and O–H groups in total. The van der Waals surface area contributed by atoms with Crippen LogP contribution in [0.3, 0.4) is 0 Å². The second kappa shape index (κ2) is 5.28. The third-order valence-corrected chi connectivity index (χ3v) is 8.22. The molecule has 0 aromatic carbocycles. The van der Waals surface area contributed by atoms with Gasteiger partial charge in [0.1, 0.15) is 5.60 Å². The lowest BCUT2D eigenvalue weighted by molar-refractivity contribution is -0.157. The number of rotatable bonds is 1. The number of Topliss-reactive ketones (excluding diaryl/α,β-unsaturated/α-hetero) is 1. The lowest BCUT2D eigenvalue weighted by Crippen LogP contribution is -2.58. The lowest BCUT2D eigenvalue weighted by atomic mass is 9.49. The highest BCUT2D eigenvalue weighted by atomic mass is 16.3. The van der Waals surface area contributed by atoms with Gasteiger partial charge in [0.2, 0.25) is 0 Å². The van der Waals surface area contributed by atoms with Gasteiger partial charge in [-0.1, -0.05) is 37.1 Å². The van der Waals surface area contributed by atoms with Crippen LogP contribution in [0.2, 0.25) is 0 Å². The molecule has 4 aliphatic rings. The van der Waals surface area contributed by atoms with Crippen molar-refractivity contribution in [2.75, 3.05) is 0 Å². The van der Waals surface area contributed by atoms with Crippen molar-refractivity contribution in [1.29, 1.82) is 0 Å². The van der Waals surface area contributed by atoms with Crippen LogP contribution >= 0.6 is 0 Å². The van der Waals surface area contributed by atoms with Gasteiger partial charge in [-0.2, -0.15) is 0 Å². The number of allylic oxidation sites excluding steroid dienone is 2. The van der Waals surface area contributed by atoms with Gasteiger partial charge in [0.15, 0.2) is 5.78 Å². The minimum absolute atomic E-state index is 0.0346. The summed E-state index contributed by atoms with van der Waals surface area (Å²) in [6.07, 6.45) is 7.47. The molecule has 7 atom stereocenters. The van der Waals surface area contributed by atoms with Crippen molar-refractivity contribution in [2.45, 2.75) is 77.1 Å². The zero-order valence-electron chi connectivity index (χ0n) is 15.5. The highest BCUT2D eigenvalue weighted by Crippen LogP contribution is 2.65. The van der Waals surface area contributed by atoms with E-state index in [2.05, 4.69) is 19.1 Å². The number of aliphatic hydroxyl groups is 3. The number of carbonyl (C=O) groups is 1. The summed E-state index contributed by atoms with van der Waals surface area (Å²) in [6, 6.07) is 0. The van der Waals surface area contributed by atoms with Crippen LogP contribution in [0, 0.1) is 22.7 Å². The maximum absolute atomic E-state index is 12.2. The zero-order valence-corrected chi connectivity index (χ0v) is 15.5. The van der Waals surface area contributed by atoms with Gasteiger partial charge in [0.25, 0.3) is 0 Å². The van der Waals surface area contributed by atoms with Crippen molar-refractivity contribution in [1.82, 2.24) is 0 Å². The molecule has 0 unspecified atom stereocenters. The molecule has 138 valence electrons. The first-order chi connectivity index (χ1) is 11.6. The van der Waals surface area contributed by atoms with Gasteiger partial charge in [-0.15, -0.1) is 0 Å². The summed E-state index contributed by atoms with van der Waals surface area (Å²) in [5, 5.41) is 32.3. The molecule has 3 fully saturated rings. The molecule has 0 spiro atoms. The SMILES string of the molecule is CC(=O)[C@@]1(O)CC[C@H]2C3=CC=C4C[C@@H](O)CC[C@@]4(C)[C@@H]3[C@@H](O)C[C@@]21C. The van der Waals surface area contributed by atoms with Gasteiger partial charge in [0, 0.05) is 11.3 Å². The summed E-state index contributed by atoms with van der Waals surface area (Å²) in [5.74, 6) is -0.00792. The minimum atomic E-state index is -1.34. The Morgan fingerprint density at radius 2 is 1.88 bits per heavy atom. The molecule has 0 saturated heterocycles. The fourth-order valence-corrected chi connectivity index (χ4v) is 6.70. The summed E-state index contributed by atoms with van der Waals surface area (Å²) in [7, 11) is 0. The second-order valence-corrected chi connectivity index (χ2v) is 9.35. The first-order valence-electron chi connectivity index (χ1n) is 9.64. The molecule has 4 nitrogen and oxygen atoms in total. The molecular formula is C21H30O4. The van der Waals surface area contributed by atoms with Crippen molar-refractivity contribution in [3.63, 3.8) is 0 Å². The maximum Gasteiger partial charge on any atom is 0.161 e. The largest absolute Gasteiger partial charge is 0.393 e. The highest BCUT2D eigenvalue weighted by molar-refractivity contribution is 5.86. The van der Waals surface area contributed by atoms with Crippen molar-refractivity contribution in [3.8, 4) is 0 Å². The Kier molecular flexibility index (Phi) is 3.68. The van der Waals surface area contributed by atoms with Crippen LogP contribution in [-0.4, -0.2) is 38.9 Å². The molecule has 4 rings (SSSR count). The smallest absolute Gasteiger partial charge is 0.161 e.